The molecule has 4 aliphatic rings. The maximum atomic E-state index is 11.1. The monoisotopic (exact) mass is 508 g/mol. The molecule has 3 aromatic rings. The fraction of sp³-hybridized carbons (Fsp3) is 0.593. The second-order valence-electron chi connectivity index (χ2n) is 10.5. The summed E-state index contributed by atoms with van der Waals surface area (Å²) in [6.07, 6.45) is 3.69. The standard InChI is InChI=1S/C26H32N6O4.CH4/c1-15-5-16-9-27-32(22(16)7-21(15)20-3-4-30(11-23(20)33)18-12-35-13-18)25-8-24(28-26(29-25)34-2)31-10-19-6-17(31)14-36-19;/h5,7-9,17-20,23,33H,3-4,6,10-14H2,1-2H3;1H4. The number of anilines is 1. The lowest BCUT2D eigenvalue weighted by Gasteiger charge is -2.43. The lowest BCUT2D eigenvalue weighted by Crippen LogP contribution is -2.55. The van der Waals surface area contributed by atoms with Crippen LogP contribution in [0.1, 0.15) is 37.3 Å². The molecule has 0 spiro atoms. The van der Waals surface area contributed by atoms with Crippen LogP contribution in [0, 0.1) is 6.92 Å². The molecule has 0 saturated carbocycles. The predicted octanol–water partition coefficient (Wildman–Crippen LogP) is 2.30. The Bertz CT molecular complexity index is 1290. The number of aromatic nitrogens is 4. The number of rotatable bonds is 5. The lowest BCUT2D eigenvalue weighted by molar-refractivity contribution is -0.0888. The van der Waals surface area contributed by atoms with Crippen LogP contribution in [0.3, 0.4) is 0 Å². The number of piperidine rings is 1. The number of ether oxygens (including phenoxy) is 3. The summed E-state index contributed by atoms with van der Waals surface area (Å²) in [5, 5.41) is 16.9. The van der Waals surface area contributed by atoms with E-state index >= 15 is 0 Å². The number of benzene rings is 1. The van der Waals surface area contributed by atoms with Crippen LogP contribution in [-0.4, -0.2) is 101 Å². The zero-order chi connectivity index (χ0) is 24.4. The van der Waals surface area contributed by atoms with Crippen LogP contribution in [-0.2, 0) is 9.47 Å². The van der Waals surface area contributed by atoms with Crippen LogP contribution < -0.4 is 9.64 Å². The van der Waals surface area contributed by atoms with Crippen LogP contribution in [0.5, 0.6) is 6.01 Å². The maximum Gasteiger partial charge on any atom is 0.320 e. The molecule has 4 saturated heterocycles. The van der Waals surface area contributed by atoms with Crippen molar-refractivity contribution in [1.29, 1.82) is 0 Å². The third-order valence-electron chi connectivity index (χ3n) is 8.38. The normalized spacial score (nSPS) is 27.9. The minimum absolute atomic E-state index is 0. The van der Waals surface area contributed by atoms with Gasteiger partial charge < -0.3 is 24.2 Å². The number of β-amino-alcohol motifs (C(OH)–C–C–N with tert-alkyl or cyclic N) is 1. The first kappa shape index (κ1) is 24.5. The first-order valence-electron chi connectivity index (χ1n) is 12.9. The lowest BCUT2D eigenvalue weighted by atomic mass is 9.83. The number of hydrogen-bond acceptors (Lipinski definition) is 9. The number of morpholine rings is 1. The van der Waals surface area contributed by atoms with E-state index in [-0.39, 0.29) is 19.4 Å². The van der Waals surface area contributed by atoms with Gasteiger partial charge in [0.15, 0.2) is 5.82 Å². The van der Waals surface area contributed by atoms with Gasteiger partial charge in [-0.25, -0.2) is 4.68 Å². The average molecular weight is 509 g/mol. The molecule has 2 bridgehead atoms. The third kappa shape index (κ3) is 4.16. The van der Waals surface area contributed by atoms with E-state index in [1.807, 2.05) is 16.9 Å². The Labute approximate surface area is 217 Å². The van der Waals surface area contributed by atoms with Gasteiger partial charge in [0.1, 0.15) is 5.82 Å². The molecule has 7 rings (SSSR count). The zero-order valence-electron chi connectivity index (χ0n) is 20.7. The molecular weight excluding hydrogens is 472 g/mol. The van der Waals surface area contributed by atoms with Gasteiger partial charge in [0.2, 0.25) is 0 Å². The number of aliphatic hydroxyl groups is 1. The second-order valence-corrected chi connectivity index (χ2v) is 10.5. The number of likely N-dealkylation sites (tertiary alicyclic amines) is 1. The first-order chi connectivity index (χ1) is 17.6. The fourth-order valence-electron chi connectivity index (χ4n) is 6.30. The molecule has 4 unspecified atom stereocenters. The molecule has 1 aromatic carbocycles. The van der Waals surface area contributed by atoms with Crippen molar-refractivity contribution in [3.8, 4) is 11.8 Å². The van der Waals surface area contributed by atoms with Gasteiger partial charge >= 0.3 is 6.01 Å². The minimum atomic E-state index is -0.412. The van der Waals surface area contributed by atoms with Crippen molar-refractivity contribution in [2.24, 2.45) is 0 Å². The van der Waals surface area contributed by atoms with E-state index in [2.05, 4.69) is 38.8 Å². The van der Waals surface area contributed by atoms with Crippen molar-refractivity contribution in [3.63, 3.8) is 0 Å². The third-order valence-corrected chi connectivity index (χ3v) is 8.38. The molecule has 37 heavy (non-hydrogen) atoms. The first-order valence-corrected chi connectivity index (χ1v) is 12.9. The Morgan fingerprint density at radius 2 is 1.89 bits per heavy atom. The molecule has 4 fully saturated rings. The van der Waals surface area contributed by atoms with Crippen LogP contribution in [0.15, 0.2) is 24.4 Å². The van der Waals surface area contributed by atoms with Gasteiger partial charge in [-0.1, -0.05) is 7.43 Å². The fourth-order valence-corrected chi connectivity index (χ4v) is 6.30. The van der Waals surface area contributed by atoms with Gasteiger partial charge in [0.05, 0.1) is 62.9 Å². The molecule has 198 valence electrons. The van der Waals surface area contributed by atoms with Gasteiger partial charge in [0.25, 0.3) is 0 Å². The number of fused-ring (bicyclic) bond motifs is 3. The summed E-state index contributed by atoms with van der Waals surface area (Å²) in [6, 6.07) is 7.46. The number of hydrogen-bond donors (Lipinski definition) is 1. The van der Waals surface area contributed by atoms with Crippen molar-refractivity contribution >= 4 is 16.7 Å². The topological polar surface area (TPSA) is 98.0 Å². The molecule has 6 heterocycles. The van der Waals surface area contributed by atoms with Gasteiger partial charge in [-0.2, -0.15) is 15.1 Å². The summed E-state index contributed by atoms with van der Waals surface area (Å²) in [6.45, 7) is 6.90. The molecule has 0 aliphatic carbocycles. The molecule has 4 aliphatic heterocycles. The molecule has 0 amide bonds. The number of nitrogens with zero attached hydrogens (tertiary/aromatic N) is 6. The highest BCUT2D eigenvalue weighted by Crippen LogP contribution is 2.36. The van der Waals surface area contributed by atoms with E-state index in [9.17, 15) is 5.11 Å². The molecular formula is C27H36N6O4. The second kappa shape index (κ2) is 9.50. The van der Waals surface area contributed by atoms with E-state index in [4.69, 9.17) is 19.3 Å². The van der Waals surface area contributed by atoms with E-state index < -0.39 is 6.10 Å². The Balaban J connectivity index is 0.00000252. The Morgan fingerprint density at radius 1 is 1.05 bits per heavy atom. The molecule has 2 aromatic heterocycles. The average Bonchev–Trinajstić information content (AvgIpc) is 3.58. The summed E-state index contributed by atoms with van der Waals surface area (Å²) in [4.78, 5) is 13.9. The smallest absolute Gasteiger partial charge is 0.320 e. The highest BCUT2D eigenvalue weighted by molar-refractivity contribution is 5.82. The van der Waals surface area contributed by atoms with Crippen molar-refractivity contribution in [2.75, 3.05) is 51.5 Å². The van der Waals surface area contributed by atoms with Crippen LogP contribution in [0.2, 0.25) is 0 Å². The van der Waals surface area contributed by atoms with E-state index in [0.717, 1.165) is 62.5 Å². The van der Waals surface area contributed by atoms with Crippen molar-refractivity contribution in [2.45, 2.75) is 57.4 Å². The number of methoxy groups -OCH3 is 1. The zero-order valence-corrected chi connectivity index (χ0v) is 20.7. The highest BCUT2D eigenvalue weighted by Gasteiger charge is 2.40. The molecule has 10 heteroatoms. The Kier molecular flexibility index (Phi) is 6.30. The Hall–Kier alpha value is -2.79. The summed E-state index contributed by atoms with van der Waals surface area (Å²) in [7, 11) is 1.59. The van der Waals surface area contributed by atoms with Gasteiger partial charge in [-0.05, 0) is 49.6 Å². The largest absolute Gasteiger partial charge is 0.467 e. The molecule has 0 radical (unpaired) electrons. The summed E-state index contributed by atoms with van der Waals surface area (Å²) in [5.41, 5.74) is 3.33. The van der Waals surface area contributed by atoms with Crippen molar-refractivity contribution < 1.29 is 19.3 Å². The SMILES string of the molecule is C.COc1nc(N2CC3CC2CO3)cc(-n2ncc3cc(C)c(C4CCN(C5COC5)CC4O)cc32)n1. The van der Waals surface area contributed by atoms with Gasteiger partial charge in [-0.3, -0.25) is 4.90 Å². The van der Waals surface area contributed by atoms with Crippen LogP contribution in [0.4, 0.5) is 5.82 Å². The summed E-state index contributed by atoms with van der Waals surface area (Å²) in [5.74, 6) is 1.60. The molecule has 4 atom stereocenters. The van der Waals surface area contributed by atoms with Crippen LogP contribution in [0.25, 0.3) is 16.7 Å². The summed E-state index contributed by atoms with van der Waals surface area (Å²) < 4.78 is 18.5. The highest BCUT2D eigenvalue weighted by atomic mass is 16.5. The summed E-state index contributed by atoms with van der Waals surface area (Å²) >= 11 is 0. The molecule has 1 N–H and O–H groups in total. The van der Waals surface area contributed by atoms with E-state index in [0.29, 0.717) is 30.5 Å². The van der Waals surface area contributed by atoms with E-state index in [1.165, 1.54) is 11.1 Å². The van der Waals surface area contributed by atoms with Crippen LogP contribution >= 0.6 is 0 Å². The van der Waals surface area contributed by atoms with Crippen molar-refractivity contribution in [1.82, 2.24) is 24.6 Å². The van der Waals surface area contributed by atoms with Crippen molar-refractivity contribution in [3.05, 3.63) is 35.5 Å². The van der Waals surface area contributed by atoms with Gasteiger partial charge in [0, 0.05) is 30.5 Å². The molecule has 10 nitrogen and oxygen atoms in total. The minimum Gasteiger partial charge on any atom is -0.467 e. The van der Waals surface area contributed by atoms with Gasteiger partial charge in [-0.15, -0.1) is 0 Å². The number of aryl methyl sites for hydroxylation is 1. The number of aliphatic hydroxyl groups excluding tert-OH is 1. The Morgan fingerprint density at radius 3 is 2.57 bits per heavy atom. The predicted molar refractivity (Wildman–Crippen MR) is 140 cm³/mol. The quantitative estimate of drug-likeness (QED) is 0.557. The van der Waals surface area contributed by atoms with E-state index in [1.54, 1.807) is 7.11 Å². The maximum absolute atomic E-state index is 11.1.